The first-order chi connectivity index (χ1) is 8.31. The molecule has 17 heavy (non-hydrogen) atoms. The zero-order valence-corrected chi connectivity index (χ0v) is 10.0. The minimum atomic E-state index is 0.583. The maximum atomic E-state index is 5.70. The molecule has 2 rings (SSSR count). The van der Waals surface area contributed by atoms with E-state index in [0.717, 1.165) is 12.2 Å². The van der Waals surface area contributed by atoms with E-state index in [1.165, 1.54) is 5.56 Å². The smallest absolute Gasteiger partial charge is 0.213 e. The average molecular weight is 229 g/mol. The monoisotopic (exact) mass is 229 g/mol. The van der Waals surface area contributed by atoms with Crippen LogP contribution in [0, 0.1) is 0 Å². The summed E-state index contributed by atoms with van der Waals surface area (Å²) in [5.74, 6) is 2.12. The maximum absolute atomic E-state index is 5.70. The fourth-order valence-corrected chi connectivity index (χ4v) is 1.51. The minimum Gasteiger partial charge on any atom is -0.481 e. The Labute approximate surface area is 101 Å². The predicted octanol–water partition coefficient (Wildman–Crippen LogP) is 3.44. The first-order valence-electron chi connectivity index (χ1n) is 5.58. The van der Waals surface area contributed by atoms with Crippen molar-refractivity contribution in [3.8, 4) is 17.4 Å². The molecule has 1 aromatic carbocycles. The second-order valence-electron chi connectivity index (χ2n) is 3.64. The highest BCUT2D eigenvalue weighted by atomic mass is 16.5. The summed E-state index contributed by atoms with van der Waals surface area (Å²) in [4.78, 5) is 4.09. The van der Waals surface area contributed by atoms with Crippen LogP contribution in [-0.4, -0.2) is 12.1 Å². The molecular weight excluding hydrogens is 214 g/mol. The zero-order chi connectivity index (χ0) is 12.1. The Hall–Kier alpha value is -2.03. The van der Waals surface area contributed by atoms with Gasteiger partial charge < -0.3 is 9.47 Å². The van der Waals surface area contributed by atoms with Crippen molar-refractivity contribution in [3.63, 3.8) is 0 Å². The number of nitrogens with zero attached hydrogens (tertiary/aromatic N) is 1. The Morgan fingerprint density at radius 2 is 2.00 bits per heavy atom. The van der Waals surface area contributed by atoms with Crippen LogP contribution < -0.4 is 9.47 Å². The SMILES string of the molecule is CCc1cccc(Oc2ccc(OC)nc2)c1. The Morgan fingerprint density at radius 3 is 2.65 bits per heavy atom. The van der Waals surface area contributed by atoms with Crippen molar-refractivity contribution in [3.05, 3.63) is 48.2 Å². The quantitative estimate of drug-likeness (QED) is 0.804. The fourth-order valence-electron chi connectivity index (χ4n) is 1.51. The van der Waals surface area contributed by atoms with Crippen LogP contribution in [0.15, 0.2) is 42.6 Å². The molecule has 0 aliphatic rings. The lowest BCUT2D eigenvalue weighted by atomic mass is 10.2. The molecule has 0 aliphatic carbocycles. The van der Waals surface area contributed by atoms with Gasteiger partial charge in [-0.05, 0) is 30.2 Å². The van der Waals surface area contributed by atoms with Gasteiger partial charge in [-0.25, -0.2) is 4.98 Å². The summed E-state index contributed by atoms with van der Waals surface area (Å²) in [6.07, 6.45) is 2.65. The lowest BCUT2D eigenvalue weighted by molar-refractivity contribution is 0.395. The molecule has 0 fully saturated rings. The number of methoxy groups -OCH3 is 1. The molecule has 0 saturated heterocycles. The second-order valence-corrected chi connectivity index (χ2v) is 3.64. The van der Waals surface area contributed by atoms with Gasteiger partial charge in [-0.1, -0.05) is 19.1 Å². The summed E-state index contributed by atoms with van der Waals surface area (Å²) in [7, 11) is 1.59. The predicted molar refractivity (Wildman–Crippen MR) is 66.7 cm³/mol. The third-order valence-corrected chi connectivity index (χ3v) is 2.46. The lowest BCUT2D eigenvalue weighted by Crippen LogP contribution is -1.89. The second kappa shape index (κ2) is 5.34. The van der Waals surface area contributed by atoms with Crippen molar-refractivity contribution in [2.75, 3.05) is 7.11 Å². The molecule has 0 amide bonds. The molecule has 1 heterocycles. The van der Waals surface area contributed by atoms with Crippen molar-refractivity contribution in [1.29, 1.82) is 0 Å². The van der Waals surface area contributed by atoms with E-state index in [1.807, 2.05) is 24.3 Å². The molecular formula is C14H15NO2. The van der Waals surface area contributed by atoms with E-state index < -0.39 is 0 Å². The van der Waals surface area contributed by atoms with Crippen LogP contribution >= 0.6 is 0 Å². The normalized spacial score (nSPS) is 10.0. The zero-order valence-electron chi connectivity index (χ0n) is 10.0. The number of pyridine rings is 1. The molecule has 0 bridgehead atoms. The van der Waals surface area contributed by atoms with Crippen molar-refractivity contribution in [2.24, 2.45) is 0 Å². The van der Waals surface area contributed by atoms with Gasteiger partial charge in [0.2, 0.25) is 5.88 Å². The van der Waals surface area contributed by atoms with Gasteiger partial charge in [0.15, 0.2) is 0 Å². The number of hydrogen-bond donors (Lipinski definition) is 0. The number of rotatable bonds is 4. The molecule has 3 nitrogen and oxygen atoms in total. The molecule has 0 radical (unpaired) electrons. The summed E-state index contributed by atoms with van der Waals surface area (Å²) in [5.41, 5.74) is 1.25. The third-order valence-electron chi connectivity index (χ3n) is 2.46. The van der Waals surface area contributed by atoms with E-state index in [2.05, 4.69) is 18.0 Å². The number of aromatic nitrogens is 1. The molecule has 0 unspecified atom stereocenters. The Balaban J connectivity index is 2.13. The first kappa shape index (κ1) is 11.5. The largest absolute Gasteiger partial charge is 0.481 e. The molecule has 0 spiro atoms. The van der Waals surface area contributed by atoms with Crippen LogP contribution in [0.4, 0.5) is 0 Å². The van der Waals surface area contributed by atoms with Gasteiger partial charge in [-0.3, -0.25) is 0 Å². The van der Waals surface area contributed by atoms with E-state index in [9.17, 15) is 0 Å². The summed E-state index contributed by atoms with van der Waals surface area (Å²) in [5, 5.41) is 0. The molecule has 1 aromatic heterocycles. The highest BCUT2D eigenvalue weighted by Crippen LogP contribution is 2.22. The molecule has 0 aliphatic heterocycles. The topological polar surface area (TPSA) is 31.4 Å². The molecule has 88 valence electrons. The molecule has 0 saturated carbocycles. The number of benzene rings is 1. The van der Waals surface area contributed by atoms with Crippen LogP contribution in [0.3, 0.4) is 0 Å². The lowest BCUT2D eigenvalue weighted by Gasteiger charge is -2.07. The highest BCUT2D eigenvalue weighted by Gasteiger charge is 1.99. The van der Waals surface area contributed by atoms with Gasteiger partial charge in [0.25, 0.3) is 0 Å². The summed E-state index contributed by atoms with van der Waals surface area (Å²) < 4.78 is 10.7. The van der Waals surface area contributed by atoms with E-state index in [-0.39, 0.29) is 0 Å². The fraction of sp³-hybridized carbons (Fsp3) is 0.214. The van der Waals surface area contributed by atoms with Gasteiger partial charge in [-0.2, -0.15) is 0 Å². The number of ether oxygens (including phenoxy) is 2. The summed E-state index contributed by atoms with van der Waals surface area (Å²) in [6.45, 7) is 2.12. The van der Waals surface area contributed by atoms with Crippen LogP contribution in [0.25, 0.3) is 0 Å². The molecule has 3 heteroatoms. The van der Waals surface area contributed by atoms with E-state index in [1.54, 1.807) is 19.4 Å². The molecule has 0 atom stereocenters. The van der Waals surface area contributed by atoms with E-state index >= 15 is 0 Å². The van der Waals surface area contributed by atoms with Gasteiger partial charge in [0, 0.05) is 6.07 Å². The number of hydrogen-bond acceptors (Lipinski definition) is 3. The van der Waals surface area contributed by atoms with Crippen LogP contribution in [0.2, 0.25) is 0 Å². The average Bonchev–Trinajstić information content (AvgIpc) is 2.40. The van der Waals surface area contributed by atoms with Crippen LogP contribution in [-0.2, 0) is 6.42 Å². The minimum absolute atomic E-state index is 0.583. The first-order valence-corrected chi connectivity index (χ1v) is 5.58. The Bertz CT molecular complexity index is 480. The van der Waals surface area contributed by atoms with Gasteiger partial charge in [-0.15, -0.1) is 0 Å². The van der Waals surface area contributed by atoms with Crippen molar-refractivity contribution >= 4 is 0 Å². The molecule has 0 N–H and O–H groups in total. The van der Waals surface area contributed by atoms with Gasteiger partial charge >= 0.3 is 0 Å². The number of aryl methyl sites for hydroxylation is 1. The van der Waals surface area contributed by atoms with E-state index in [0.29, 0.717) is 11.6 Å². The third kappa shape index (κ3) is 2.97. The summed E-state index contributed by atoms with van der Waals surface area (Å²) in [6, 6.07) is 11.7. The van der Waals surface area contributed by atoms with Crippen molar-refractivity contribution in [2.45, 2.75) is 13.3 Å². The van der Waals surface area contributed by atoms with Gasteiger partial charge in [0.1, 0.15) is 11.5 Å². The van der Waals surface area contributed by atoms with Crippen molar-refractivity contribution in [1.82, 2.24) is 4.98 Å². The Morgan fingerprint density at radius 1 is 1.12 bits per heavy atom. The van der Waals surface area contributed by atoms with Crippen molar-refractivity contribution < 1.29 is 9.47 Å². The maximum Gasteiger partial charge on any atom is 0.213 e. The summed E-state index contributed by atoms with van der Waals surface area (Å²) >= 11 is 0. The van der Waals surface area contributed by atoms with Crippen LogP contribution in [0.5, 0.6) is 17.4 Å². The highest BCUT2D eigenvalue weighted by molar-refractivity contribution is 5.33. The van der Waals surface area contributed by atoms with Gasteiger partial charge in [0.05, 0.1) is 13.3 Å². The van der Waals surface area contributed by atoms with Crippen LogP contribution in [0.1, 0.15) is 12.5 Å². The standard InChI is InChI=1S/C14H15NO2/c1-3-11-5-4-6-12(9-11)17-13-7-8-14(16-2)15-10-13/h4-10H,3H2,1-2H3. The van der Waals surface area contributed by atoms with E-state index in [4.69, 9.17) is 9.47 Å². The molecule has 2 aromatic rings. The Kier molecular flexibility index (Phi) is 3.60.